The van der Waals surface area contributed by atoms with Crippen molar-refractivity contribution in [1.29, 1.82) is 0 Å². The SMILES string of the molecule is COc1cc(F)c(Br)cc1C(=O)c1cc(C)cc(Br)c1. The largest absolute Gasteiger partial charge is 0.496 e. The number of halogens is 3. The number of carbonyl (C=O) groups excluding carboxylic acids is 1. The molecule has 0 fully saturated rings. The summed E-state index contributed by atoms with van der Waals surface area (Å²) >= 11 is 6.45. The molecule has 0 saturated heterocycles. The van der Waals surface area contributed by atoms with Crippen LogP contribution in [0.5, 0.6) is 5.75 Å². The quantitative estimate of drug-likeness (QED) is 0.683. The number of rotatable bonds is 3. The Morgan fingerprint density at radius 3 is 2.45 bits per heavy atom. The van der Waals surface area contributed by atoms with E-state index >= 15 is 0 Å². The number of ketones is 1. The molecule has 2 aromatic carbocycles. The summed E-state index contributed by atoms with van der Waals surface area (Å²) in [5, 5.41) is 0. The zero-order valence-electron chi connectivity index (χ0n) is 10.8. The van der Waals surface area contributed by atoms with Crippen molar-refractivity contribution in [1.82, 2.24) is 0 Å². The standard InChI is InChI=1S/C15H11Br2FO2/c1-8-3-9(5-10(16)4-8)15(19)11-6-12(17)13(18)7-14(11)20-2/h3-7H,1-2H3. The minimum Gasteiger partial charge on any atom is -0.496 e. The van der Waals surface area contributed by atoms with Crippen LogP contribution < -0.4 is 4.74 Å². The van der Waals surface area contributed by atoms with Crippen molar-refractivity contribution in [3.8, 4) is 5.75 Å². The van der Waals surface area contributed by atoms with Crippen LogP contribution >= 0.6 is 31.9 Å². The topological polar surface area (TPSA) is 26.3 Å². The van der Waals surface area contributed by atoms with Gasteiger partial charge >= 0.3 is 0 Å². The van der Waals surface area contributed by atoms with Gasteiger partial charge in [0.25, 0.3) is 0 Å². The molecule has 2 rings (SSSR count). The van der Waals surface area contributed by atoms with Gasteiger partial charge in [0.05, 0.1) is 17.1 Å². The lowest BCUT2D eigenvalue weighted by Crippen LogP contribution is -2.05. The highest BCUT2D eigenvalue weighted by Gasteiger charge is 2.18. The minimum atomic E-state index is -0.469. The lowest BCUT2D eigenvalue weighted by molar-refractivity contribution is 0.103. The number of methoxy groups -OCH3 is 1. The lowest BCUT2D eigenvalue weighted by atomic mass is 10.0. The van der Waals surface area contributed by atoms with Crippen LogP contribution in [0.1, 0.15) is 21.5 Å². The van der Waals surface area contributed by atoms with Gasteiger partial charge in [0.2, 0.25) is 0 Å². The van der Waals surface area contributed by atoms with Gasteiger partial charge in [-0.2, -0.15) is 0 Å². The molecule has 0 aromatic heterocycles. The van der Waals surface area contributed by atoms with E-state index in [9.17, 15) is 9.18 Å². The molecular formula is C15H11Br2FO2. The van der Waals surface area contributed by atoms with E-state index < -0.39 is 5.82 Å². The summed E-state index contributed by atoms with van der Waals surface area (Å²) < 4.78 is 19.6. The maximum atomic E-state index is 13.5. The van der Waals surface area contributed by atoms with Gasteiger partial charge in [-0.15, -0.1) is 0 Å². The normalized spacial score (nSPS) is 10.4. The van der Waals surface area contributed by atoms with Gasteiger partial charge in [-0.25, -0.2) is 4.39 Å². The molecule has 5 heteroatoms. The predicted octanol–water partition coefficient (Wildman–Crippen LogP) is 4.90. The van der Waals surface area contributed by atoms with Crippen molar-refractivity contribution in [2.45, 2.75) is 6.92 Å². The Labute approximate surface area is 133 Å². The second-order valence-electron chi connectivity index (χ2n) is 4.31. The summed E-state index contributed by atoms with van der Waals surface area (Å²) in [5.74, 6) is -0.468. The van der Waals surface area contributed by atoms with Crippen molar-refractivity contribution in [2.24, 2.45) is 0 Å². The van der Waals surface area contributed by atoms with E-state index in [0.29, 0.717) is 11.1 Å². The van der Waals surface area contributed by atoms with Gasteiger partial charge < -0.3 is 4.74 Å². The maximum Gasteiger partial charge on any atom is 0.196 e. The molecule has 0 aliphatic rings. The monoisotopic (exact) mass is 400 g/mol. The van der Waals surface area contributed by atoms with Crippen molar-refractivity contribution in [3.63, 3.8) is 0 Å². The summed E-state index contributed by atoms with van der Waals surface area (Å²) in [6.07, 6.45) is 0. The molecule has 104 valence electrons. The fraction of sp³-hybridized carbons (Fsp3) is 0.133. The molecule has 0 amide bonds. The van der Waals surface area contributed by atoms with Gasteiger partial charge in [0.15, 0.2) is 5.78 Å². The number of ether oxygens (including phenoxy) is 1. The summed E-state index contributed by atoms with van der Waals surface area (Å²) in [5.41, 5.74) is 1.80. The van der Waals surface area contributed by atoms with Crippen LogP contribution in [0.25, 0.3) is 0 Å². The summed E-state index contributed by atoms with van der Waals surface area (Å²) in [6, 6.07) is 8.05. The van der Waals surface area contributed by atoms with Crippen molar-refractivity contribution in [3.05, 3.63) is 61.8 Å². The van der Waals surface area contributed by atoms with E-state index in [4.69, 9.17) is 4.74 Å². The fourth-order valence-electron chi connectivity index (χ4n) is 1.90. The molecule has 0 heterocycles. The number of benzene rings is 2. The molecule has 0 aliphatic carbocycles. The van der Waals surface area contributed by atoms with Gasteiger partial charge in [-0.3, -0.25) is 4.79 Å². The summed E-state index contributed by atoms with van der Waals surface area (Å²) in [6.45, 7) is 1.90. The molecule has 0 saturated carbocycles. The van der Waals surface area contributed by atoms with Crippen LogP contribution in [0.15, 0.2) is 39.3 Å². The average molecular weight is 402 g/mol. The zero-order valence-corrected chi connectivity index (χ0v) is 14.0. The van der Waals surface area contributed by atoms with E-state index in [1.54, 1.807) is 12.1 Å². The Morgan fingerprint density at radius 2 is 1.85 bits per heavy atom. The van der Waals surface area contributed by atoms with Crippen molar-refractivity contribution >= 4 is 37.6 Å². The fourth-order valence-corrected chi connectivity index (χ4v) is 2.85. The van der Waals surface area contributed by atoms with Crippen LogP contribution in [-0.2, 0) is 0 Å². The maximum absolute atomic E-state index is 13.5. The van der Waals surface area contributed by atoms with Gasteiger partial charge in [0.1, 0.15) is 11.6 Å². The Balaban J connectivity index is 2.55. The molecule has 2 aromatic rings. The molecule has 0 unspecified atom stereocenters. The zero-order chi connectivity index (χ0) is 14.9. The van der Waals surface area contributed by atoms with E-state index in [0.717, 1.165) is 10.0 Å². The Morgan fingerprint density at radius 1 is 1.15 bits per heavy atom. The number of carbonyl (C=O) groups is 1. The minimum absolute atomic E-state index is 0.216. The highest BCUT2D eigenvalue weighted by Crippen LogP contribution is 2.29. The van der Waals surface area contributed by atoms with Crippen LogP contribution in [0, 0.1) is 12.7 Å². The molecule has 0 bridgehead atoms. The van der Waals surface area contributed by atoms with Crippen LogP contribution in [0.4, 0.5) is 4.39 Å². The molecule has 2 nitrogen and oxygen atoms in total. The van der Waals surface area contributed by atoms with E-state index in [1.807, 2.05) is 13.0 Å². The third-order valence-electron chi connectivity index (χ3n) is 2.79. The Hall–Kier alpha value is -1.20. The van der Waals surface area contributed by atoms with Gasteiger partial charge in [-0.05, 0) is 52.7 Å². The second kappa shape index (κ2) is 6.06. The molecule has 0 atom stereocenters. The Bertz CT molecular complexity index is 664. The molecule has 20 heavy (non-hydrogen) atoms. The molecule has 0 spiro atoms. The third kappa shape index (κ3) is 3.10. The van der Waals surface area contributed by atoms with Crippen molar-refractivity contribution in [2.75, 3.05) is 7.11 Å². The van der Waals surface area contributed by atoms with Crippen LogP contribution in [0.3, 0.4) is 0 Å². The average Bonchev–Trinajstić information content (AvgIpc) is 2.39. The Kier molecular flexibility index (Phi) is 4.60. The van der Waals surface area contributed by atoms with E-state index in [2.05, 4.69) is 31.9 Å². The summed E-state index contributed by atoms with van der Waals surface area (Å²) in [7, 11) is 1.41. The first-order valence-electron chi connectivity index (χ1n) is 5.77. The van der Waals surface area contributed by atoms with Gasteiger partial charge in [0, 0.05) is 16.1 Å². The highest BCUT2D eigenvalue weighted by atomic mass is 79.9. The number of aryl methyl sites for hydroxylation is 1. The first-order chi connectivity index (χ1) is 9.42. The van der Waals surface area contributed by atoms with Crippen molar-refractivity contribution < 1.29 is 13.9 Å². The third-order valence-corrected chi connectivity index (χ3v) is 3.86. The first kappa shape index (κ1) is 15.2. The molecule has 0 radical (unpaired) electrons. The van der Waals surface area contributed by atoms with Crippen LogP contribution in [0.2, 0.25) is 0 Å². The highest BCUT2D eigenvalue weighted by molar-refractivity contribution is 9.10. The lowest BCUT2D eigenvalue weighted by Gasteiger charge is -2.10. The van der Waals surface area contributed by atoms with E-state index in [1.165, 1.54) is 19.2 Å². The van der Waals surface area contributed by atoms with Gasteiger partial charge in [-0.1, -0.05) is 15.9 Å². The number of hydrogen-bond donors (Lipinski definition) is 0. The first-order valence-corrected chi connectivity index (χ1v) is 7.36. The second-order valence-corrected chi connectivity index (χ2v) is 6.08. The van der Waals surface area contributed by atoms with E-state index in [-0.39, 0.29) is 16.0 Å². The van der Waals surface area contributed by atoms with Crippen LogP contribution in [-0.4, -0.2) is 12.9 Å². The molecule has 0 N–H and O–H groups in total. The summed E-state index contributed by atoms with van der Waals surface area (Å²) in [4.78, 5) is 12.5. The number of hydrogen-bond acceptors (Lipinski definition) is 2. The molecule has 0 aliphatic heterocycles. The predicted molar refractivity (Wildman–Crippen MR) is 83.0 cm³/mol. The smallest absolute Gasteiger partial charge is 0.196 e. The molecular weight excluding hydrogens is 391 g/mol.